The zero-order valence-electron chi connectivity index (χ0n) is 9.43. The second-order valence-corrected chi connectivity index (χ2v) is 4.18. The van der Waals surface area contributed by atoms with Crippen LogP contribution in [0.25, 0.3) is 0 Å². The number of nitrogens with zero attached hydrogens (tertiary/aromatic N) is 1. The van der Waals surface area contributed by atoms with Crippen LogP contribution >= 0.6 is 11.6 Å². The molecule has 0 aliphatic carbocycles. The van der Waals surface area contributed by atoms with Crippen molar-refractivity contribution in [3.05, 3.63) is 53.3 Å². The zero-order valence-corrected chi connectivity index (χ0v) is 10.2. The molecule has 0 saturated heterocycles. The van der Waals surface area contributed by atoms with Gasteiger partial charge in [0.25, 0.3) is 0 Å². The highest BCUT2D eigenvalue weighted by Gasteiger charge is 2.06. The van der Waals surface area contributed by atoms with Crippen LogP contribution in [-0.4, -0.2) is 4.98 Å². The molecule has 88 valence electrons. The van der Waals surface area contributed by atoms with Crippen LogP contribution in [0.2, 0.25) is 5.02 Å². The van der Waals surface area contributed by atoms with Gasteiger partial charge < -0.3 is 10.5 Å². The minimum absolute atomic E-state index is 0.0417. The van der Waals surface area contributed by atoms with Gasteiger partial charge in [-0.2, -0.15) is 0 Å². The maximum atomic E-state index is 6.12. The molecule has 0 radical (unpaired) electrons. The van der Waals surface area contributed by atoms with E-state index < -0.39 is 0 Å². The van der Waals surface area contributed by atoms with Gasteiger partial charge in [-0.3, -0.25) is 4.98 Å². The van der Waals surface area contributed by atoms with Gasteiger partial charge in [0.15, 0.2) is 0 Å². The summed E-state index contributed by atoms with van der Waals surface area (Å²) < 4.78 is 5.61. The Balaban J connectivity index is 2.23. The van der Waals surface area contributed by atoms with Gasteiger partial charge in [-0.25, -0.2) is 0 Å². The summed E-state index contributed by atoms with van der Waals surface area (Å²) in [5.41, 5.74) is 6.76. The molecule has 4 heteroatoms. The summed E-state index contributed by atoms with van der Waals surface area (Å²) in [4.78, 5) is 3.97. The molecule has 3 nitrogen and oxygen atoms in total. The van der Waals surface area contributed by atoms with Crippen LogP contribution < -0.4 is 10.5 Å². The van der Waals surface area contributed by atoms with E-state index in [1.807, 2.05) is 31.2 Å². The summed E-state index contributed by atoms with van der Waals surface area (Å²) in [5, 5.41) is 0.545. The van der Waals surface area contributed by atoms with Gasteiger partial charge in [0.1, 0.15) is 11.5 Å². The first-order valence-electron chi connectivity index (χ1n) is 5.30. The second kappa shape index (κ2) is 5.17. The predicted molar refractivity (Wildman–Crippen MR) is 68.4 cm³/mol. The standard InChI is InChI=1S/C13H13ClN2O/c1-9(15)10-4-5-13(12(14)7-10)17-11-3-2-6-16-8-11/h2-9H,15H2,1H3. The van der Waals surface area contributed by atoms with Crippen molar-refractivity contribution in [2.75, 3.05) is 0 Å². The molecule has 1 aromatic carbocycles. The summed E-state index contributed by atoms with van der Waals surface area (Å²) >= 11 is 6.12. The number of benzene rings is 1. The van der Waals surface area contributed by atoms with E-state index in [1.165, 1.54) is 0 Å². The molecule has 2 rings (SSSR count). The monoisotopic (exact) mass is 248 g/mol. The van der Waals surface area contributed by atoms with Crippen molar-refractivity contribution in [1.29, 1.82) is 0 Å². The molecule has 1 aromatic heterocycles. The van der Waals surface area contributed by atoms with Gasteiger partial charge in [-0.05, 0) is 36.8 Å². The Bertz CT molecular complexity index is 500. The number of pyridine rings is 1. The molecule has 1 unspecified atom stereocenters. The molecule has 1 heterocycles. The van der Waals surface area contributed by atoms with Gasteiger partial charge >= 0.3 is 0 Å². The number of ether oxygens (including phenoxy) is 1. The summed E-state index contributed by atoms with van der Waals surface area (Å²) in [6.07, 6.45) is 3.32. The second-order valence-electron chi connectivity index (χ2n) is 3.77. The highest BCUT2D eigenvalue weighted by molar-refractivity contribution is 6.32. The molecule has 0 aliphatic heterocycles. The molecule has 0 aliphatic rings. The Morgan fingerprint density at radius 3 is 2.76 bits per heavy atom. The quantitative estimate of drug-likeness (QED) is 0.904. The number of halogens is 1. The third-order valence-corrected chi connectivity index (χ3v) is 2.64. The molecular weight excluding hydrogens is 236 g/mol. The minimum Gasteiger partial charge on any atom is -0.454 e. The first kappa shape index (κ1) is 11.9. The van der Waals surface area contributed by atoms with Crippen LogP contribution in [-0.2, 0) is 0 Å². The molecule has 2 aromatic rings. The van der Waals surface area contributed by atoms with Crippen molar-refractivity contribution in [1.82, 2.24) is 4.98 Å². The van der Waals surface area contributed by atoms with E-state index >= 15 is 0 Å². The molecule has 0 bridgehead atoms. The average Bonchev–Trinajstić information content (AvgIpc) is 2.33. The minimum atomic E-state index is -0.0417. The molecule has 2 N–H and O–H groups in total. The Morgan fingerprint density at radius 1 is 1.35 bits per heavy atom. The maximum Gasteiger partial charge on any atom is 0.146 e. The van der Waals surface area contributed by atoms with Crippen LogP contribution in [0.1, 0.15) is 18.5 Å². The zero-order chi connectivity index (χ0) is 12.3. The molecule has 0 amide bonds. The van der Waals surface area contributed by atoms with Gasteiger partial charge in [0.05, 0.1) is 11.2 Å². The van der Waals surface area contributed by atoms with Gasteiger partial charge in [0, 0.05) is 12.2 Å². The fourth-order valence-electron chi connectivity index (χ4n) is 1.42. The summed E-state index contributed by atoms with van der Waals surface area (Å²) in [6, 6.07) is 9.12. The number of aromatic nitrogens is 1. The molecule has 0 spiro atoms. The molecular formula is C13H13ClN2O. The van der Waals surface area contributed by atoms with Crippen molar-refractivity contribution in [2.45, 2.75) is 13.0 Å². The van der Waals surface area contributed by atoms with E-state index in [1.54, 1.807) is 18.5 Å². The fraction of sp³-hybridized carbons (Fsp3) is 0.154. The van der Waals surface area contributed by atoms with Crippen LogP contribution in [0.15, 0.2) is 42.7 Å². The lowest BCUT2D eigenvalue weighted by Crippen LogP contribution is -2.04. The maximum absolute atomic E-state index is 6.12. The van der Waals surface area contributed by atoms with E-state index in [4.69, 9.17) is 22.1 Å². The molecule has 1 atom stereocenters. The Kier molecular flexibility index (Phi) is 3.61. The summed E-state index contributed by atoms with van der Waals surface area (Å²) in [7, 11) is 0. The van der Waals surface area contributed by atoms with Crippen molar-refractivity contribution in [3.63, 3.8) is 0 Å². The normalized spacial score (nSPS) is 12.2. The van der Waals surface area contributed by atoms with E-state index in [-0.39, 0.29) is 6.04 Å². The van der Waals surface area contributed by atoms with E-state index in [0.29, 0.717) is 16.5 Å². The Labute approximate surface area is 105 Å². The first-order valence-corrected chi connectivity index (χ1v) is 5.67. The Morgan fingerprint density at radius 2 is 2.18 bits per heavy atom. The lowest BCUT2D eigenvalue weighted by atomic mass is 10.1. The van der Waals surface area contributed by atoms with Crippen LogP contribution in [0, 0.1) is 0 Å². The van der Waals surface area contributed by atoms with Crippen LogP contribution in [0.4, 0.5) is 0 Å². The Hall–Kier alpha value is -1.58. The number of hydrogen-bond donors (Lipinski definition) is 1. The third-order valence-electron chi connectivity index (χ3n) is 2.34. The third kappa shape index (κ3) is 2.96. The lowest BCUT2D eigenvalue weighted by molar-refractivity contribution is 0.480. The van der Waals surface area contributed by atoms with Crippen LogP contribution in [0.5, 0.6) is 11.5 Å². The number of hydrogen-bond acceptors (Lipinski definition) is 3. The average molecular weight is 249 g/mol. The van der Waals surface area contributed by atoms with Crippen molar-refractivity contribution >= 4 is 11.6 Å². The van der Waals surface area contributed by atoms with Gasteiger partial charge in [-0.1, -0.05) is 17.7 Å². The van der Waals surface area contributed by atoms with Crippen molar-refractivity contribution < 1.29 is 4.74 Å². The smallest absolute Gasteiger partial charge is 0.146 e. The van der Waals surface area contributed by atoms with E-state index in [2.05, 4.69) is 4.98 Å². The largest absolute Gasteiger partial charge is 0.454 e. The first-order chi connectivity index (χ1) is 8.16. The van der Waals surface area contributed by atoms with E-state index in [9.17, 15) is 0 Å². The highest BCUT2D eigenvalue weighted by Crippen LogP contribution is 2.30. The fourth-order valence-corrected chi connectivity index (χ4v) is 1.65. The highest BCUT2D eigenvalue weighted by atomic mass is 35.5. The molecule has 0 saturated carbocycles. The predicted octanol–water partition coefficient (Wildman–Crippen LogP) is 3.55. The number of nitrogens with two attached hydrogens (primary N) is 1. The van der Waals surface area contributed by atoms with Crippen molar-refractivity contribution in [3.8, 4) is 11.5 Å². The lowest BCUT2D eigenvalue weighted by Gasteiger charge is -2.10. The van der Waals surface area contributed by atoms with Gasteiger partial charge in [-0.15, -0.1) is 0 Å². The summed E-state index contributed by atoms with van der Waals surface area (Å²) in [6.45, 7) is 1.91. The van der Waals surface area contributed by atoms with E-state index in [0.717, 1.165) is 5.56 Å². The molecule has 0 fully saturated rings. The van der Waals surface area contributed by atoms with Crippen molar-refractivity contribution in [2.24, 2.45) is 5.73 Å². The summed E-state index contributed by atoms with van der Waals surface area (Å²) in [5.74, 6) is 1.26. The van der Waals surface area contributed by atoms with Gasteiger partial charge in [0.2, 0.25) is 0 Å². The topological polar surface area (TPSA) is 48.1 Å². The van der Waals surface area contributed by atoms with Crippen LogP contribution in [0.3, 0.4) is 0 Å². The number of rotatable bonds is 3. The molecule has 17 heavy (non-hydrogen) atoms. The SMILES string of the molecule is CC(N)c1ccc(Oc2cccnc2)c(Cl)c1.